The summed E-state index contributed by atoms with van der Waals surface area (Å²) < 4.78 is 39.3. The minimum atomic E-state index is -1.17. The fraction of sp³-hybridized carbons (Fsp3) is 0.400. The summed E-state index contributed by atoms with van der Waals surface area (Å²) in [6.07, 6.45) is 0.162. The summed E-state index contributed by atoms with van der Waals surface area (Å²) in [4.78, 5) is 0. The van der Waals surface area contributed by atoms with Crippen LogP contribution >= 0.6 is 0 Å². The van der Waals surface area contributed by atoms with Crippen molar-refractivity contribution in [3.8, 4) is 0 Å². The molecule has 0 aliphatic rings. The minimum absolute atomic E-state index is 0.0574. The van der Waals surface area contributed by atoms with Gasteiger partial charge in [0.15, 0.2) is 11.6 Å². The number of anilines is 1. The normalized spacial score (nSPS) is 11.0. The monoisotopic (exact) mass is 203 g/mol. The molecular weight excluding hydrogens is 191 g/mol. The van der Waals surface area contributed by atoms with E-state index < -0.39 is 23.1 Å². The highest BCUT2D eigenvalue weighted by atomic mass is 19.2. The van der Waals surface area contributed by atoms with Crippen molar-refractivity contribution in [2.24, 2.45) is 5.92 Å². The first kappa shape index (κ1) is 10.9. The number of nitrogen functional groups attached to an aromatic ring is 1. The van der Waals surface area contributed by atoms with Crippen molar-refractivity contribution in [3.05, 3.63) is 29.1 Å². The van der Waals surface area contributed by atoms with E-state index in [2.05, 4.69) is 0 Å². The van der Waals surface area contributed by atoms with Gasteiger partial charge < -0.3 is 5.73 Å². The zero-order valence-corrected chi connectivity index (χ0v) is 8.07. The quantitative estimate of drug-likeness (QED) is 0.580. The molecule has 0 fully saturated rings. The Balaban J connectivity index is 3.22. The molecule has 2 N–H and O–H groups in total. The molecule has 0 saturated heterocycles. The lowest BCUT2D eigenvalue weighted by molar-refractivity contribution is 0.470. The van der Waals surface area contributed by atoms with Crippen molar-refractivity contribution in [2.75, 3.05) is 5.73 Å². The standard InChI is InChI=1S/C10H12F3N/c1-5(2)3-6-7(11)4-8(14)10(13)9(6)12/h4-5H,3,14H2,1-2H3. The van der Waals surface area contributed by atoms with Gasteiger partial charge in [0.05, 0.1) is 5.69 Å². The van der Waals surface area contributed by atoms with Crippen LogP contribution in [0.3, 0.4) is 0 Å². The van der Waals surface area contributed by atoms with Crippen LogP contribution in [-0.4, -0.2) is 0 Å². The van der Waals surface area contributed by atoms with Gasteiger partial charge in [-0.2, -0.15) is 0 Å². The van der Waals surface area contributed by atoms with Gasteiger partial charge in [-0.05, 0) is 12.3 Å². The molecule has 0 aromatic heterocycles. The van der Waals surface area contributed by atoms with Crippen LogP contribution in [0.4, 0.5) is 18.9 Å². The van der Waals surface area contributed by atoms with Gasteiger partial charge in [0.2, 0.25) is 0 Å². The Kier molecular flexibility index (Phi) is 3.03. The van der Waals surface area contributed by atoms with E-state index in [1.54, 1.807) is 13.8 Å². The summed E-state index contributed by atoms with van der Waals surface area (Å²) in [5.74, 6) is -3.06. The Morgan fingerprint density at radius 2 is 1.79 bits per heavy atom. The predicted molar refractivity (Wildman–Crippen MR) is 49.3 cm³/mol. The maximum Gasteiger partial charge on any atom is 0.182 e. The van der Waals surface area contributed by atoms with Crippen LogP contribution in [0.2, 0.25) is 0 Å². The average molecular weight is 203 g/mol. The Morgan fingerprint density at radius 1 is 1.21 bits per heavy atom. The van der Waals surface area contributed by atoms with Gasteiger partial charge >= 0.3 is 0 Å². The molecule has 0 bridgehead atoms. The van der Waals surface area contributed by atoms with Crippen LogP contribution in [0.5, 0.6) is 0 Å². The molecule has 0 heterocycles. The van der Waals surface area contributed by atoms with Crippen LogP contribution in [0.15, 0.2) is 6.07 Å². The molecule has 1 aromatic rings. The van der Waals surface area contributed by atoms with Gasteiger partial charge in [-0.3, -0.25) is 0 Å². The number of rotatable bonds is 2. The third kappa shape index (κ3) is 2.00. The first-order chi connectivity index (χ1) is 6.43. The van der Waals surface area contributed by atoms with Gasteiger partial charge in [-0.25, -0.2) is 13.2 Å². The summed E-state index contributed by atoms with van der Waals surface area (Å²) in [7, 11) is 0. The van der Waals surface area contributed by atoms with Gasteiger partial charge in [-0.1, -0.05) is 13.8 Å². The average Bonchev–Trinajstić information content (AvgIpc) is 2.09. The Hall–Kier alpha value is -1.19. The largest absolute Gasteiger partial charge is 0.396 e. The van der Waals surface area contributed by atoms with E-state index in [-0.39, 0.29) is 17.9 Å². The summed E-state index contributed by atoms with van der Waals surface area (Å²) in [6, 6.07) is 0.816. The molecule has 0 atom stereocenters. The number of hydrogen-bond donors (Lipinski definition) is 1. The van der Waals surface area contributed by atoms with E-state index in [0.29, 0.717) is 0 Å². The fourth-order valence-electron chi connectivity index (χ4n) is 1.25. The number of halogens is 3. The highest BCUT2D eigenvalue weighted by Crippen LogP contribution is 2.23. The molecule has 0 radical (unpaired) electrons. The van der Waals surface area contributed by atoms with Gasteiger partial charge in [0.1, 0.15) is 5.82 Å². The van der Waals surface area contributed by atoms with Gasteiger partial charge in [0.25, 0.3) is 0 Å². The highest BCUT2D eigenvalue weighted by molar-refractivity contribution is 5.43. The zero-order chi connectivity index (χ0) is 10.9. The van der Waals surface area contributed by atoms with Crippen molar-refractivity contribution < 1.29 is 13.2 Å². The van der Waals surface area contributed by atoms with E-state index in [1.807, 2.05) is 0 Å². The van der Waals surface area contributed by atoms with Crippen molar-refractivity contribution in [1.82, 2.24) is 0 Å². The highest BCUT2D eigenvalue weighted by Gasteiger charge is 2.17. The molecular formula is C10H12F3N. The van der Waals surface area contributed by atoms with E-state index in [0.717, 1.165) is 6.07 Å². The summed E-state index contributed by atoms with van der Waals surface area (Å²) in [5.41, 5.74) is 4.34. The maximum atomic E-state index is 13.2. The molecule has 0 saturated carbocycles. The fourth-order valence-corrected chi connectivity index (χ4v) is 1.25. The SMILES string of the molecule is CC(C)Cc1c(F)cc(N)c(F)c1F. The minimum Gasteiger partial charge on any atom is -0.396 e. The molecule has 1 aromatic carbocycles. The Bertz CT molecular complexity index is 348. The number of nitrogens with two attached hydrogens (primary N) is 1. The smallest absolute Gasteiger partial charge is 0.182 e. The number of hydrogen-bond acceptors (Lipinski definition) is 1. The van der Waals surface area contributed by atoms with E-state index in [4.69, 9.17) is 5.73 Å². The molecule has 4 heteroatoms. The van der Waals surface area contributed by atoms with Gasteiger partial charge in [0, 0.05) is 11.6 Å². The second kappa shape index (κ2) is 3.90. The third-order valence-electron chi connectivity index (χ3n) is 1.89. The molecule has 0 unspecified atom stereocenters. The molecule has 0 spiro atoms. The summed E-state index contributed by atoms with van der Waals surface area (Å²) in [5, 5.41) is 0. The van der Waals surface area contributed by atoms with Crippen molar-refractivity contribution in [2.45, 2.75) is 20.3 Å². The molecule has 14 heavy (non-hydrogen) atoms. The molecule has 78 valence electrons. The second-order valence-corrected chi connectivity index (χ2v) is 3.65. The first-order valence-electron chi connectivity index (χ1n) is 4.35. The lowest BCUT2D eigenvalue weighted by atomic mass is 10.0. The van der Waals surface area contributed by atoms with Crippen molar-refractivity contribution >= 4 is 5.69 Å². The predicted octanol–water partition coefficient (Wildman–Crippen LogP) is 2.88. The molecule has 1 nitrogen and oxygen atoms in total. The Morgan fingerprint density at radius 3 is 2.29 bits per heavy atom. The van der Waals surface area contributed by atoms with Crippen LogP contribution in [0.1, 0.15) is 19.4 Å². The van der Waals surface area contributed by atoms with E-state index in [1.165, 1.54) is 0 Å². The van der Waals surface area contributed by atoms with Crippen LogP contribution in [0.25, 0.3) is 0 Å². The molecule has 0 aliphatic heterocycles. The van der Waals surface area contributed by atoms with Crippen LogP contribution < -0.4 is 5.73 Å². The van der Waals surface area contributed by atoms with Crippen molar-refractivity contribution in [1.29, 1.82) is 0 Å². The Labute approximate surface area is 80.7 Å². The zero-order valence-electron chi connectivity index (χ0n) is 8.07. The summed E-state index contributed by atoms with van der Waals surface area (Å²) >= 11 is 0. The third-order valence-corrected chi connectivity index (χ3v) is 1.89. The molecule has 1 rings (SSSR count). The van der Waals surface area contributed by atoms with Gasteiger partial charge in [-0.15, -0.1) is 0 Å². The number of benzene rings is 1. The van der Waals surface area contributed by atoms with Crippen LogP contribution in [0, 0.1) is 23.4 Å². The van der Waals surface area contributed by atoms with Crippen molar-refractivity contribution in [3.63, 3.8) is 0 Å². The second-order valence-electron chi connectivity index (χ2n) is 3.65. The van der Waals surface area contributed by atoms with E-state index >= 15 is 0 Å². The van der Waals surface area contributed by atoms with Crippen LogP contribution in [-0.2, 0) is 6.42 Å². The lowest BCUT2D eigenvalue weighted by Crippen LogP contribution is -2.06. The molecule has 0 amide bonds. The molecule has 0 aliphatic carbocycles. The first-order valence-corrected chi connectivity index (χ1v) is 4.35. The maximum absolute atomic E-state index is 13.2. The van der Waals surface area contributed by atoms with E-state index in [9.17, 15) is 13.2 Å². The topological polar surface area (TPSA) is 26.0 Å². The lowest BCUT2D eigenvalue weighted by Gasteiger charge is -2.09. The summed E-state index contributed by atoms with van der Waals surface area (Å²) in [6.45, 7) is 3.60.